The summed E-state index contributed by atoms with van der Waals surface area (Å²) in [6.07, 6.45) is 12.5. The van der Waals surface area contributed by atoms with E-state index in [1.54, 1.807) is 0 Å². The van der Waals surface area contributed by atoms with Gasteiger partial charge < -0.3 is 14.7 Å². The molecule has 0 radical (unpaired) electrons. The molecule has 1 saturated heterocycles. The largest absolute Gasteiger partial charge is 0.460 e. The number of unbranched alkanes of at least 4 members (excludes halogenated alkanes) is 6. The number of nitrogens with zero attached hydrogens (tertiary/aromatic N) is 1. The van der Waals surface area contributed by atoms with E-state index in [1.807, 2.05) is 20.8 Å². The molecule has 2 rings (SSSR count). The molecule has 146 valence electrons. The van der Waals surface area contributed by atoms with Gasteiger partial charge in [0.25, 0.3) is 0 Å². The topological polar surface area (TPSA) is 49.8 Å². The summed E-state index contributed by atoms with van der Waals surface area (Å²) in [4.78, 5) is 14.1. The summed E-state index contributed by atoms with van der Waals surface area (Å²) in [6.45, 7) is 8.97. The minimum Gasteiger partial charge on any atom is -0.460 e. The highest BCUT2D eigenvalue weighted by atomic mass is 16.6. The summed E-state index contributed by atoms with van der Waals surface area (Å²) >= 11 is 0. The second kappa shape index (κ2) is 9.36. The van der Waals surface area contributed by atoms with Crippen LogP contribution < -0.4 is 0 Å². The van der Waals surface area contributed by atoms with Crippen molar-refractivity contribution in [2.45, 2.75) is 103 Å². The number of piperidine rings is 1. The zero-order chi connectivity index (χ0) is 18.3. The number of esters is 1. The van der Waals surface area contributed by atoms with Crippen LogP contribution in [0, 0.1) is 5.41 Å². The molecular formula is C21H39NO3. The molecular weight excluding hydrogens is 314 g/mol. The van der Waals surface area contributed by atoms with E-state index >= 15 is 0 Å². The summed E-state index contributed by atoms with van der Waals surface area (Å²) < 4.78 is 5.32. The van der Waals surface area contributed by atoms with Crippen molar-refractivity contribution in [3.8, 4) is 0 Å². The third-order valence-corrected chi connectivity index (χ3v) is 5.73. The molecule has 0 aromatic rings. The molecule has 25 heavy (non-hydrogen) atoms. The molecule has 1 spiro atoms. The lowest BCUT2D eigenvalue weighted by molar-refractivity contribution is -0.154. The van der Waals surface area contributed by atoms with Crippen LogP contribution in [-0.2, 0) is 9.53 Å². The number of likely N-dealkylation sites (tertiary alicyclic amines) is 1. The first-order chi connectivity index (χ1) is 11.8. The minimum absolute atomic E-state index is 0.0656. The van der Waals surface area contributed by atoms with Crippen LogP contribution in [0.5, 0.6) is 0 Å². The predicted molar refractivity (Wildman–Crippen MR) is 102 cm³/mol. The van der Waals surface area contributed by atoms with Gasteiger partial charge in [-0.05, 0) is 71.4 Å². The second-order valence-electron chi connectivity index (χ2n) is 9.24. The number of hydrogen-bond donors (Lipinski definition) is 1. The fraction of sp³-hybridized carbons (Fsp3) is 0.952. The van der Waals surface area contributed by atoms with Crippen LogP contribution in [0.1, 0.15) is 91.4 Å². The Labute approximate surface area is 154 Å². The average molecular weight is 354 g/mol. The van der Waals surface area contributed by atoms with Crippen LogP contribution in [-0.4, -0.2) is 47.3 Å². The van der Waals surface area contributed by atoms with Crippen molar-refractivity contribution in [2.75, 3.05) is 19.6 Å². The molecule has 1 heterocycles. The maximum atomic E-state index is 11.6. The normalized spacial score (nSPS) is 23.0. The zero-order valence-corrected chi connectivity index (χ0v) is 16.7. The quantitative estimate of drug-likeness (QED) is 0.470. The van der Waals surface area contributed by atoms with Crippen LogP contribution in [0.2, 0.25) is 0 Å². The van der Waals surface area contributed by atoms with Gasteiger partial charge in [0.15, 0.2) is 0 Å². The van der Waals surface area contributed by atoms with Gasteiger partial charge in [-0.1, -0.05) is 32.1 Å². The molecule has 1 N–H and O–H groups in total. The van der Waals surface area contributed by atoms with E-state index in [2.05, 4.69) is 4.90 Å². The molecule has 2 fully saturated rings. The van der Waals surface area contributed by atoms with E-state index in [9.17, 15) is 9.90 Å². The van der Waals surface area contributed by atoms with Crippen molar-refractivity contribution in [1.82, 2.24) is 4.90 Å². The highest BCUT2D eigenvalue weighted by Gasteiger charge is 2.50. The molecule has 1 saturated carbocycles. The third-order valence-electron chi connectivity index (χ3n) is 5.73. The monoisotopic (exact) mass is 353 g/mol. The Hall–Kier alpha value is -0.610. The van der Waals surface area contributed by atoms with Crippen molar-refractivity contribution < 1.29 is 14.6 Å². The van der Waals surface area contributed by atoms with Gasteiger partial charge in [0.2, 0.25) is 0 Å². The minimum atomic E-state index is -0.360. The summed E-state index contributed by atoms with van der Waals surface area (Å²) in [7, 11) is 0. The number of β-amino-alcohol motifs (C(OH)–C–C–N with tert-alkyl or cyclic N) is 1. The maximum absolute atomic E-state index is 11.6. The first kappa shape index (κ1) is 20.7. The molecule has 1 aliphatic heterocycles. The first-order valence-corrected chi connectivity index (χ1v) is 10.4. The molecule has 0 amide bonds. The molecule has 0 bridgehead atoms. The van der Waals surface area contributed by atoms with Gasteiger partial charge in [0, 0.05) is 13.0 Å². The maximum Gasteiger partial charge on any atom is 0.306 e. The highest BCUT2D eigenvalue weighted by Crippen LogP contribution is 2.53. The standard InChI is InChI=1S/C21H39NO3/c1-20(2,3)25-19(24)11-9-7-5-4-6-8-10-15-22-16-14-21(12-13-21)18(23)17-22/h18,23H,4-17H2,1-3H3. The summed E-state index contributed by atoms with van der Waals surface area (Å²) in [6, 6.07) is 0. The van der Waals surface area contributed by atoms with Crippen LogP contribution in [0.15, 0.2) is 0 Å². The zero-order valence-electron chi connectivity index (χ0n) is 16.7. The van der Waals surface area contributed by atoms with Crippen molar-refractivity contribution in [2.24, 2.45) is 5.41 Å². The number of hydrogen-bond acceptors (Lipinski definition) is 4. The fourth-order valence-corrected chi connectivity index (χ4v) is 3.90. The summed E-state index contributed by atoms with van der Waals surface area (Å²) in [5.74, 6) is -0.0656. The van der Waals surface area contributed by atoms with E-state index in [1.165, 1.54) is 57.9 Å². The van der Waals surface area contributed by atoms with Crippen molar-refractivity contribution in [3.63, 3.8) is 0 Å². The lowest BCUT2D eigenvalue weighted by atomic mass is 9.90. The van der Waals surface area contributed by atoms with Gasteiger partial charge in [-0.25, -0.2) is 0 Å². The number of rotatable bonds is 10. The Bertz CT molecular complexity index is 412. The van der Waals surface area contributed by atoms with Gasteiger partial charge >= 0.3 is 5.97 Å². The number of aliphatic hydroxyl groups is 1. The molecule has 1 unspecified atom stereocenters. The Kier molecular flexibility index (Phi) is 7.75. The second-order valence-corrected chi connectivity index (χ2v) is 9.24. The molecule has 0 aromatic carbocycles. The molecule has 2 aliphatic rings. The van der Waals surface area contributed by atoms with E-state index in [0.29, 0.717) is 11.8 Å². The van der Waals surface area contributed by atoms with Crippen LogP contribution >= 0.6 is 0 Å². The van der Waals surface area contributed by atoms with Crippen LogP contribution in [0.4, 0.5) is 0 Å². The van der Waals surface area contributed by atoms with Gasteiger partial charge in [0.1, 0.15) is 5.60 Å². The number of carbonyl (C=O) groups excluding carboxylic acids is 1. The Morgan fingerprint density at radius 1 is 1.04 bits per heavy atom. The Morgan fingerprint density at radius 2 is 1.64 bits per heavy atom. The van der Waals surface area contributed by atoms with Gasteiger partial charge in [-0.2, -0.15) is 0 Å². The average Bonchev–Trinajstić information content (AvgIpc) is 3.28. The van der Waals surface area contributed by atoms with E-state index in [0.717, 1.165) is 25.9 Å². The lowest BCUT2D eigenvalue weighted by Gasteiger charge is -2.36. The van der Waals surface area contributed by atoms with E-state index in [-0.39, 0.29) is 17.7 Å². The Balaban J connectivity index is 1.37. The fourth-order valence-electron chi connectivity index (χ4n) is 3.90. The van der Waals surface area contributed by atoms with Gasteiger partial charge in [-0.3, -0.25) is 4.79 Å². The lowest BCUT2D eigenvalue weighted by Crippen LogP contribution is -2.45. The SMILES string of the molecule is CC(C)(C)OC(=O)CCCCCCCCCN1CCC2(CC2)C(O)C1. The highest BCUT2D eigenvalue weighted by molar-refractivity contribution is 5.69. The van der Waals surface area contributed by atoms with E-state index < -0.39 is 0 Å². The van der Waals surface area contributed by atoms with Crippen LogP contribution in [0.3, 0.4) is 0 Å². The molecule has 4 heteroatoms. The smallest absolute Gasteiger partial charge is 0.306 e. The van der Waals surface area contributed by atoms with Gasteiger partial charge in [-0.15, -0.1) is 0 Å². The summed E-state index contributed by atoms with van der Waals surface area (Å²) in [5.41, 5.74) is -0.0312. The van der Waals surface area contributed by atoms with Gasteiger partial charge in [0.05, 0.1) is 6.10 Å². The molecule has 1 atom stereocenters. The van der Waals surface area contributed by atoms with E-state index in [4.69, 9.17) is 4.74 Å². The molecule has 0 aromatic heterocycles. The Morgan fingerprint density at radius 3 is 2.20 bits per heavy atom. The van der Waals surface area contributed by atoms with Crippen molar-refractivity contribution >= 4 is 5.97 Å². The predicted octanol–water partition coefficient (Wildman–Crippen LogP) is 4.30. The summed E-state index contributed by atoms with van der Waals surface area (Å²) in [5, 5.41) is 10.2. The first-order valence-electron chi connectivity index (χ1n) is 10.4. The molecule has 4 nitrogen and oxygen atoms in total. The van der Waals surface area contributed by atoms with Crippen molar-refractivity contribution in [1.29, 1.82) is 0 Å². The number of carbonyl (C=O) groups is 1. The molecule has 1 aliphatic carbocycles. The number of aliphatic hydroxyl groups excluding tert-OH is 1. The van der Waals surface area contributed by atoms with Crippen LogP contribution in [0.25, 0.3) is 0 Å². The third kappa shape index (κ3) is 7.65. The number of ether oxygens (including phenoxy) is 1. The van der Waals surface area contributed by atoms with Crippen molar-refractivity contribution in [3.05, 3.63) is 0 Å².